The number of imidazole rings is 1. The Hall–Kier alpha value is -3.61. The lowest BCUT2D eigenvalue weighted by Crippen LogP contribution is -2.31. The Balaban J connectivity index is 1.70. The zero-order chi connectivity index (χ0) is 20.7. The monoisotopic (exact) mass is 401 g/mol. The van der Waals surface area contributed by atoms with Crippen LogP contribution < -0.4 is 4.90 Å². The van der Waals surface area contributed by atoms with E-state index in [2.05, 4.69) is 22.0 Å². The summed E-state index contributed by atoms with van der Waals surface area (Å²) in [5, 5.41) is 14.2. The number of carbonyl (C=O) groups is 1. The maximum absolute atomic E-state index is 11.3. The highest BCUT2D eigenvalue weighted by atomic mass is 16.4. The highest BCUT2D eigenvalue weighted by Crippen LogP contribution is 2.36. The molecule has 1 saturated heterocycles. The highest BCUT2D eigenvalue weighted by Gasteiger charge is 2.26. The molecule has 7 nitrogen and oxygen atoms in total. The number of rotatable bonds is 4. The van der Waals surface area contributed by atoms with Crippen molar-refractivity contribution in [2.75, 3.05) is 18.0 Å². The largest absolute Gasteiger partial charge is 0.478 e. The van der Waals surface area contributed by atoms with E-state index in [1.165, 1.54) is 6.42 Å². The van der Waals surface area contributed by atoms with Crippen LogP contribution >= 0.6 is 0 Å². The summed E-state index contributed by atoms with van der Waals surface area (Å²) in [5.41, 5.74) is 4.56. The number of H-pyrrole nitrogens is 1. The van der Waals surface area contributed by atoms with Crippen LogP contribution in [-0.2, 0) is 0 Å². The zero-order valence-electron chi connectivity index (χ0n) is 16.8. The van der Waals surface area contributed by atoms with Crippen LogP contribution in [0.2, 0.25) is 0 Å². The van der Waals surface area contributed by atoms with Gasteiger partial charge in [0.2, 0.25) is 0 Å². The van der Waals surface area contributed by atoms with Gasteiger partial charge in [-0.05, 0) is 56.5 Å². The van der Waals surface area contributed by atoms with Crippen molar-refractivity contribution in [2.45, 2.75) is 26.2 Å². The van der Waals surface area contributed by atoms with Crippen molar-refractivity contribution in [1.82, 2.24) is 19.7 Å². The molecule has 3 heterocycles. The van der Waals surface area contributed by atoms with Crippen LogP contribution in [0.3, 0.4) is 0 Å². The quantitative estimate of drug-likeness (QED) is 0.529. The smallest absolute Gasteiger partial charge is 0.335 e. The number of aryl methyl sites for hydroxylation is 1. The van der Waals surface area contributed by atoms with Crippen molar-refractivity contribution in [2.24, 2.45) is 0 Å². The number of aromatic amines is 1. The summed E-state index contributed by atoms with van der Waals surface area (Å²) in [4.78, 5) is 21.8. The standard InChI is InChI=1S/C23H23N5O2/c1-15-20(21-24-18-11-10-16(23(29)30)14-19(18)25-21)22(27-12-6-3-7-13-27)28(26-15)17-8-4-2-5-9-17/h2,4-5,8-11,14H,3,6-7,12-13H2,1H3,(H,24,25)(H,29,30). The lowest BCUT2D eigenvalue weighted by molar-refractivity contribution is 0.0697. The molecular formula is C23H23N5O2. The van der Waals surface area contributed by atoms with Crippen LogP contribution in [0.5, 0.6) is 0 Å². The Morgan fingerprint density at radius 1 is 1.07 bits per heavy atom. The van der Waals surface area contributed by atoms with E-state index in [0.717, 1.165) is 54.2 Å². The molecular weight excluding hydrogens is 378 g/mol. The molecule has 1 aliphatic heterocycles. The lowest BCUT2D eigenvalue weighted by Gasteiger charge is -2.30. The van der Waals surface area contributed by atoms with E-state index < -0.39 is 5.97 Å². The molecule has 152 valence electrons. The van der Waals surface area contributed by atoms with E-state index in [0.29, 0.717) is 11.3 Å². The van der Waals surface area contributed by atoms with Gasteiger partial charge in [-0.1, -0.05) is 18.2 Å². The maximum atomic E-state index is 11.3. The first-order chi connectivity index (χ1) is 14.6. The third-order valence-electron chi connectivity index (χ3n) is 5.66. The third kappa shape index (κ3) is 3.12. The van der Waals surface area contributed by atoms with Crippen LogP contribution in [-0.4, -0.2) is 43.9 Å². The molecule has 2 aromatic carbocycles. The van der Waals surface area contributed by atoms with Crippen molar-refractivity contribution in [1.29, 1.82) is 0 Å². The van der Waals surface area contributed by atoms with Gasteiger partial charge >= 0.3 is 5.97 Å². The van der Waals surface area contributed by atoms with Crippen molar-refractivity contribution < 1.29 is 9.90 Å². The van der Waals surface area contributed by atoms with Gasteiger partial charge in [0.05, 0.1) is 33.5 Å². The van der Waals surface area contributed by atoms with E-state index in [9.17, 15) is 9.90 Å². The summed E-state index contributed by atoms with van der Waals surface area (Å²) in [7, 11) is 0. The number of para-hydroxylation sites is 1. The van der Waals surface area contributed by atoms with Crippen molar-refractivity contribution in [3.8, 4) is 17.1 Å². The number of carboxylic acid groups (broad SMARTS) is 1. The van der Waals surface area contributed by atoms with Gasteiger partial charge in [-0.15, -0.1) is 0 Å². The Labute approximate surface area is 174 Å². The molecule has 7 heteroatoms. The number of nitrogens with one attached hydrogen (secondary N) is 1. The lowest BCUT2D eigenvalue weighted by atomic mass is 10.1. The first-order valence-corrected chi connectivity index (χ1v) is 10.3. The molecule has 4 aromatic rings. The second-order valence-corrected chi connectivity index (χ2v) is 7.70. The average Bonchev–Trinajstić information content (AvgIpc) is 3.34. The molecule has 0 spiro atoms. The van der Waals surface area contributed by atoms with Gasteiger partial charge in [0, 0.05) is 13.1 Å². The van der Waals surface area contributed by atoms with E-state index >= 15 is 0 Å². The van der Waals surface area contributed by atoms with Gasteiger partial charge in [0.15, 0.2) is 0 Å². The molecule has 0 atom stereocenters. The predicted molar refractivity (Wildman–Crippen MR) is 116 cm³/mol. The summed E-state index contributed by atoms with van der Waals surface area (Å²) >= 11 is 0. The van der Waals surface area contributed by atoms with E-state index in [4.69, 9.17) is 10.1 Å². The van der Waals surface area contributed by atoms with Gasteiger partial charge in [-0.2, -0.15) is 5.10 Å². The molecule has 2 aromatic heterocycles. The van der Waals surface area contributed by atoms with Crippen LogP contribution in [0.1, 0.15) is 35.3 Å². The van der Waals surface area contributed by atoms with Gasteiger partial charge in [0.1, 0.15) is 11.6 Å². The zero-order valence-corrected chi connectivity index (χ0v) is 16.8. The molecule has 2 N–H and O–H groups in total. The van der Waals surface area contributed by atoms with Crippen LogP contribution in [0.25, 0.3) is 28.1 Å². The van der Waals surface area contributed by atoms with Crippen molar-refractivity contribution in [3.63, 3.8) is 0 Å². The van der Waals surface area contributed by atoms with Gasteiger partial charge in [-0.25, -0.2) is 14.5 Å². The summed E-state index contributed by atoms with van der Waals surface area (Å²) < 4.78 is 2.01. The number of hydrogen-bond donors (Lipinski definition) is 2. The summed E-state index contributed by atoms with van der Waals surface area (Å²) in [6.45, 7) is 3.96. The minimum atomic E-state index is -0.949. The molecule has 1 aliphatic rings. The number of fused-ring (bicyclic) bond motifs is 1. The van der Waals surface area contributed by atoms with Crippen molar-refractivity contribution in [3.05, 3.63) is 59.8 Å². The summed E-state index contributed by atoms with van der Waals surface area (Å²) in [5.74, 6) is 0.804. The first kappa shape index (κ1) is 18.4. The van der Waals surface area contributed by atoms with Crippen molar-refractivity contribution >= 4 is 22.8 Å². The number of aromatic nitrogens is 4. The van der Waals surface area contributed by atoms with Gasteiger partial charge in [0.25, 0.3) is 0 Å². The minimum Gasteiger partial charge on any atom is -0.478 e. The molecule has 0 saturated carbocycles. The number of piperidine rings is 1. The Morgan fingerprint density at radius 3 is 2.57 bits per heavy atom. The maximum Gasteiger partial charge on any atom is 0.335 e. The van der Waals surface area contributed by atoms with Crippen LogP contribution in [0.15, 0.2) is 48.5 Å². The Bertz CT molecular complexity index is 1220. The van der Waals surface area contributed by atoms with Gasteiger partial charge < -0.3 is 15.0 Å². The molecule has 0 aliphatic carbocycles. The molecule has 0 amide bonds. The number of benzene rings is 2. The SMILES string of the molecule is Cc1nn(-c2ccccc2)c(N2CCCCC2)c1-c1nc2ccc(C(=O)O)cc2[nH]1. The number of aromatic carboxylic acids is 1. The molecule has 30 heavy (non-hydrogen) atoms. The average molecular weight is 401 g/mol. The van der Waals surface area contributed by atoms with Gasteiger partial charge in [-0.3, -0.25) is 0 Å². The minimum absolute atomic E-state index is 0.241. The molecule has 1 fully saturated rings. The predicted octanol–water partition coefficient (Wildman–Crippen LogP) is 4.41. The Morgan fingerprint density at radius 2 is 1.83 bits per heavy atom. The molecule has 0 unspecified atom stereocenters. The summed E-state index contributed by atoms with van der Waals surface area (Å²) in [6, 6.07) is 15.1. The molecule has 0 radical (unpaired) electrons. The van der Waals surface area contributed by atoms with E-state index in [1.807, 2.05) is 29.8 Å². The number of nitrogens with zero attached hydrogens (tertiary/aromatic N) is 4. The van der Waals surface area contributed by atoms with Crippen LogP contribution in [0, 0.1) is 6.92 Å². The second-order valence-electron chi connectivity index (χ2n) is 7.70. The highest BCUT2D eigenvalue weighted by molar-refractivity contribution is 5.93. The summed E-state index contributed by atoms with van der Waals surface area (Å²) in [6.07, 6.45) is 3.55. The second kappa shape index (κ2) is 7.33. The third-order valence-corrected chi connectivity index (χ3v) is 5.66. The fourth-order valence-electron chi connectivity index (χ4n) is 4.20. The van der Waals surface area contributed by atoms with E-state index in [-0.39, 0.29) is 5.56 Å². The number of hydrogen-bond acceptors (Lipinski definition) is 4. The fraction of sp³-hybridized carbons (Fsp3) is 0.261. The molecule has 0 bridgehead atoms. The number of carboxylic acids is 1. The topological polar surface area (TPSA) is 87.0 Å². The number of anilines is 1. The normalized spacial score (nSPS) is 14.4. The van der Waals surface area contributed by atoms with Crippen LogP contribution in [0.4, 0.5) is 5.82 Å². The Kier molecular flexibility index (Phi) is 4.50. The first-order valence-electron chi connectivity index (χ1n) is 10.3. The fourth-order valence-corrected chi connectivity index (χ4v) is 4.20. The molecule has 5 rings (SSSR count). The van der Waals surface area contributed by atoms with E-state index in [1.54, 1.807) is 18.2 Å².